The first-order chi connectivity index (χ1) is 12.0. The van der Waals surface area contributed by atoms with Crippen LogP contribution in [0.2, 0.25) is 5.02 Å². The number of benzene rings is 1. The first-order valence-electron chi connectivity index (χ1n) is 8.28. The van der Waals surface area contributed by atoms with Gasteiger partial charge in [-0.3, -0.25) is 4.79 Å². The second-order valence-corrected chi connectivity index (χ2v) is 8.50. The van der Waals surface area contributed by atoms with E-state index in [9.17, 15) is 18.0 Å². The molecule has 0 saturated carbocycles. The summed E-state index contributed by atoms with van der Waals surface area (Å²) in [4.78, 5) is 24.1. The van der Waals surface area contributed by atoms with Crippen LogP contribution in [0.5, 0.6) is 0 Å². The molecule has 26 heavy (non-hydrogen) atoms. The van der Waals surface area contributed by atoms with E-state index in [0.29, 0.717) is 6.54 Å². The van der Waals surface area contributed by atoms with Crippen LogP contribution >= 0.6 is 11.6 Å². The number of carbonyl (C=O) groups excluding carboxylic acids is 2. The van der Waals surface area contributed by atoms with Crippen LogP contribution in [-0.4, -0.2) is 50.3 Å². The van der Waals surface area contributed by atoms with Crippen molar-refractivity contribution < 1.29 is 22.7 Å². The van der Waals surface area contributed by atoms with E-state index in [-0.39, 0.29) is 21.5 Å². The van der Waals surface area contributed by atoms with E-state index in [2.05, 4.69) is 5.32 Å². The Kier molecular flexibility index (Phi) is 8.05. The molecule has 146 valence electrons. The number of esters is 1. The largest absolute Gasteiger partial charge is 0.449 e. The lowest BCUT2D eigenvalue weighted by molar-refractivity contribution is -0.129. The molecule has 0 spiro atoms. The van der Waals surface area contributed by atoms with Crippen molar-refractivity contribution in [3.63, 3.8) is 0 Å². The standard InChI is InChI=1S/C17H25ClN2O5S/c1-6-9-19-16(21)12(4)25-17(22)14-10-13(7-8-15(14)18)26(23,24)20(5)11(2)3/h7-8,10-12H,6,9H2,1-5H3,(H,19,21)/t12-/m0/s1. The van der Waals surface area contributed by atoms with Crippen LogP contribution < -0.4 is 5.32 Å². The number of hydrogen-bond donors (Lipinski definition) is 1. The SMILES string of the molecule is CCCNC(=O)[C@H](C)OC(=O)c1cc(S(=O)(=O)N(C)C(C)C)ccc1Cl. The molecule has 0 aliphatic rings. The quantitative estimate of drug-likeness (QED) is 0.672. The van der Waals surface area contributed by atoms with Gasteiger partial charge in [0.15, 0.2) is 6.10 Å². The third-order valence-electron chi connectivity index (χ3n) is 3.76. The molecule has 0 heterocycles. The topological polar surface area (TPSA) is 92.8 Å². The Hall–Kier alpha value is -1.64. The molecule has 0 bridgehead atoms. The number of sulfonamides is 1. The lowest BCUT2D eigenvalue weighted by Crippen LogP contribution is -2.36. The van der Waals surface area contributed by atoms with Crippen molar-refractivity contribution in [2.24, 2.45) is 0 Å². The molecule has 1 amide bonds. The van der Waals surface area contributed by atoms with Gasteiger partial charge in [-0.25, -0.2) is 13.2 Å². The van der Waals surface area contributed by atoms with Gasteiger partial charge in [0.2, 0.25) is 10.0 Å². The minimum Gasteiger partial charge on any atom is -0.449 e. The number of rotatable bonds is 8. The van der Waals surface area contributed by atoms with Crippen LogP contribution in [0.1, 0.15) is 44.5 Å². The zero-order chi connectivity index (χ0) is 20.1. The highest BCUT2D eigenvalue weighted by Crippen LogP contribution is 2.24. The van der Waals surface area contributed by atoms with Crippen molar-refractivity contribution >= 4 is 33.5 Å². The molecular weight excluding hydrogens is 380 g/mol. The summed E-state index contributed by atoms with van der Waals surface area (Å²) in [6.45, 7) is 7.27. The highest BCUT2D eigenvalue weighted by atomic mass is 35.5. The summed E-state index contributed by atoms with van der Waals surface area (Å²) in [5.41, 5.74) is -0.111. The lowest BCUT2D eigenvalue weighted by Gasteiger charge is -2.21. The Labute approximate surface area is 159 Å². The van der Waals surface area contributed by atoms with Crippen LogP contribution in [0, 0.1) is 0 Å². The number of halogens is 1. The molecule has 1 atom stereocenters. The molecule has 9 heteroatoms. The van der Waals surface area contributed by atoms with Crippen molar-refractivity contribution in [3.05, 3.63) is 28.8 Å². The Morgan fingerprint density at radius 3 is 2.42 bits per heavy atom. The lowest BCUT2D eigenvalue weighted by atomic mass is 10.2. The summed E-state index contributed by atoms with van der Waals surface area (Å²) in [6, 6.07) is 3.55. The maximum Gasteiger partial charge on any atom is 0.340 e. The number of hydrogen-bond acceptors (Lipinski definition) is 5. The number of amides is 1. The summed E-state index contributed by atoms with van der Waals surface area (Å²) in [7, 11) is -2.33. The molecule has 0 aliphatic carbocycles. The van der Waals surface area contributed by atoms with Crippen LogP contribution in [-0.2, 0) is 19.6 Å². The number of nitrogens with zero attached hydrogens (tertiary/aromatic N) is 1. The first kappa shape index (κ1) is 22.4. The average Bonchev–Trinajstić information content (AvgIpc) is 2.58. The maximum atomic E-state index is 12.6. The summed E-state index contributed by atoms with van der Waals surface area (Å²) >= 11 is 6.02. The fraction of sp³-hybridized carbons (Fsp3) is 0.529. The van der Waals surface area contributed by atoms with Gasteiger partial charge in [-0.2, -0.15) is 4.31 Å². The summed E-state index contributed by atoms with van der Waals surface area (Å²) in [5.74, 6) is -1.29. The van der Waals surface area contributed by atoms with E-state index in [1.165, 1.54) is 30.4 Å². The van der Waals surface area contributed by atoms with Gasteiger partial charge in [-0.15, -0.1) is 0 Å². The van der Waals surface area contributed by atoms with Crippen molar-refractivity contribution in [1.82, 2.24) is 9.62 Å². The van der Waals surface area contributed by atoms with Gasteiger partial charge in [0.1, 0.15) is 0 Å². The van der Waals surface area contributed by atoms with Crippen molar-refractivity contribution in [2.75, 3.05) is 13.6 Å². The number of carbonyl (C=O) groups is 2. The number of nitrogens with one attached hydrogen (secondary N) is 1. The smallest absolute Gasteiger partial charge is 0.340 e. The third-order valence-corrected chi connectivity index (χ3v) is 6.12. The second-order valence-electron chi connectivity index (χ2n) is 6.10. The fourth-order valence-electron chi connectivity index (χ4n) is 1.93. The maximum absolute atomic E-state index is 12.6. The van der Waals surface area contributed by atoms with Crippen LogP contribution in [0.3, 0.4) is 0 Å². The van der Waals surface area contributed by atoms with Crippen LogP contribution in [0.25, 0.3) is 0 Å². The molecule has 1 rings (SSSR count). The predicted molar refractivity (Wildman–Crippen MR) is 99.7 cm³/mol. The first-order valence-corrected chi connectivity index (χ1v) is 10.1. The molecule has 0 aliphatic heterocycles. The summed E-state index contributed by atoms with van der Waals surface area (Å²) < 4.78 is 31.4. The molecule has 0 saturated heterocycles. The van der Waals surface area contributed by atoms with Gasteiger partial charge < -0.3 is 10.1 Å². The summed E-state index contributed by atoms with van der Waals surface area (Å²) in [5, 5.41) is 2.66. The van der Waals surface area contributed by atoms with E-state index in [0.717, 1.165) is 12.5 Å². The molecule has 1 aromatic carbocycles. The van der Waals surface area contributed by atoms with Gasteiger partial charge in [0.05, 0.1) is 15.5 Å². The number of ether oxygens (including phenoxy) is 1. The van der Waals surface area contributed by atoms with Gasteiger partial charge >= 0.3 is 5.97 Å². The Morgan fingerprint density at radius 1 is 1.27 bits per heavy atom. The van der Waals surface area contributed by atoms with Gasteiger partial charge in [0.25, 0.3) is 5.91 Å². The van der Waals surface area contributed by atoms with Crippen molar-refractivity contribution in [1.29, 1.82) is 0 Å². The minimum absolute atomic E-state index is 0.0438. The van der Waals surface area contributed by atoms with Gasteiger partial charge in [-0.1, -0.05) is 18.5 Å². The Morgan fingerprint density at radius 2 is 1.88 bits per heavy atom. The van der Waals surface area contributed by atoms with E-state index < -0.39 is 28.0 Å². The van der Waals surface area contributed by atoms with Gasteiger partial charge in [0, 0.05) is 19.6 Å². The average molecular weight is 405 g/mol. The van der Waals surface area contributed by atoms with E-state index >= 15 is 0 Å². The van der Waals surface area contributed by atoms with Gasteiger partial charge in [-0.05, 0) is 45.4 Å². The molecule has 1 N–H and O–H groups in total. The van der Waals surface area contributed by atoms with Crippen molar-refractivity contribution in [3.8, 4) is 0 Å². The zero-order valence-electron chi connectivity index (χ0n) is 15.6. The molecule has 0 unspecified atom stereocenters. The fourth-order valence-corrected chi connectivity index (χ4v) is 3.52. The monoisotopic (exact) mass is 404 g/mol. The third kappa shape index (κ3) is 5.43. The molecule has 0 fully saturated rings. The molecule has 0 aromatic heterocycles. The Bertz CT molecular complexity index is 764. The summed E-state index contributed by atoms with van der Waals surface area (Å²) in [6.07, 6.45) is -0.273. The van der Waals surface area contributed by atoms with Crippen LogP contribution in [0.15, 0.2) is 23.1 Å². The molecule has 0 radical (unpaired) electrons. The van der Waals surface area contributed by atoms with E-state index in [1.807, 2.05) is 6.92 Å². The molecule has 7 nitrogen and oxygen atoms in total. The normalized spacial score (nSPS) is 12.9. The highest BCUT2D eigenvalue weighted by molar-refractivity contribution is 7.89. The molecule has 1 aromatic rings. The highest BCUT2D eigenvalue weighted by Gasteiger charge is 2.26. The van der Waals surface area contributed by atoms with E-state index in [4.69, 9.17) is 16.3 Å². The molecular formula is C17H25ClN2O5S. The van der Waals surface area contributed by atoms with Crippen molar-refractivity contribution in [2.45, 2.75) is 51.2 Å². The Balaban J connectivity index is 3.07. The second kappa shape index (κ2) is 9.34. The van der Waals surface area contributed by atoms with E-state index in [1.54, 1.807) is 13.8 Å². The predicted octanol–water partition coefficient (Wildman–Crippen LogP) is 2.44. The minimum atomic E-state index is -3.78. The van der Waals surface area contributed by atoms with Crippen LogP contribution in [0.4, 0.5) is 0 Å². The zero-order valence-corrected chi connectivity index (χ0v) is 17.1.